The first-order valence-corrected chi connectivity index (χ1v) is 9.14. The van der Waals surface area contributed by atoms with E-state index >= 15 is 0 Å². The van der Waals surface area contributed by atoms with Crippen LogP contribution in [0.1, 0.15) is 47.2 Å². The normalized spacial score (nSPS) is 12.6. The average Bonchev–Trinajstić information content (AvgIpc) is 3.36. The number of hydrogen-bond donors (Lipinski definition) is 2. The molecule has 1 aliphatic rings. The fraction of sp³-hybridized carbons (Fsp3) is 0.0909. The predicted octanol–water partition coefficient (Wildman–Crippen LogP) is 2.69. The number of nitrogens with one attached hydrogen (secondary N) is 2. The zero-order chi connectivity index (χ0) is 21.3. The van der Waals surface area contributed by atoms with Gasteiger partial charge in [0.2, 0.25) is 0 Å². The van der Waals surface area contributed by atoms with Gasteiger partial charge in [0.25, 0.3) is 23.6 Å². The fourth-order valence-corrected chi connectivity index (χ4v) is 3.19. The van der Waals surface area contributed by atoms with Crippen LogP contribution in [0.3, 0.4) is 0 Å². The molecule has 0 aliphatic carbocycles. The summed E-state index contributed by atoms with van der Waals surface area (Å²) in [6.07, 6.45) is 1.47. The van der Waals surface area contributed by atoms with E-state index < -0.39 is 17.7 Å². The Morgan fingerprint density at radius 2 is 1.60 bits per heavy atom. The molecular weight excluding hydrogens is 386 g/mol. The molecule has 2 N–H and O–H groups in total. The summed E-state index contributed by atoms with van der Waals surface area (Å²) in [6, 6.07) is 14.1. The van der Waals surface area contributed by atoms with E-state index in [9.17, 15) is 19.2 Å². The van der Waals surface area contributed by atoms with Crippen molar-refractivity contribution >= 4 is 29.3 Å². The van der Waals surface area contributed by atoms with Gasteiger partial charge in [-0.2, -0.15) is 0 Å². The minimum Gasteiger partial charge on any atom is -0.467 e. The van der Waals surface area contributed by atoms with Crippen LogP contribution in [-0.2, 0) is 6.54 Å². The van der Waals surface area contributed by atoms with Gasteiger partial charge in [0.15, 0.2) is 0 Å². The number of hydrogen-bond acceptors (Lipinski definition) is 5. The van der Waals surface area contributed by atoms with Crippen molar-refractivity contribution < 1.29 is 23.6 Å². The molecule has 4 amide bonds. The highest BCUT2D eigenvalue weighted by Crippen LogP contribution is 2.26. The van der Waals surface area contributed by atoms with Crippen molar-refractivity contribution in [3.8, 4) is 0 Å². The summed E-state index contributed by atoms with van der Waals surface area (Å²) in [5.41, 5.74) is 1.63. The molecule has 3 aromatic rings. The van der Waals surface area contributed by atoms with Crippen LogP contribution in [0.5, 0.6) is 0 Å². The Morgan fingerprint density at radius 3 is 2.27 bits per heavy atom. The van der Waals surface area contributed by atoms with E-state index in [4.69, 9.17) is 4.42 Å². The summed E-state index contributed by atoms with van der Waals surface area (Å²) in [7, 11) is 1.54. The molecule has 2 aromatic carbocycles. The molecule has 4 rings (SSSR count). The molecule has 2 heterocycles. The average molecular weight is 403 g/mol. The first-order valence-electron chi connectivity index (χ1n) is 9.14. The van der Waals surface area contributed by atoms with Gasteiger partial charge < -0.3 is 15.1 Å². The lowest BCUT2D eigenvalue weighted by atomic mass is 10.1. The third kappa shape index (κ3) is 3.46. The van der Waals surface area contributed by atoms with E-state index in [1.807, 2.05) is 0 Å². The zero-order valence-electron chi connectivity index (χ0n) is 16.0. The smallest absolute Gasteiger partial charge is 0.261 e. The third-order valence-corrected chi connectivity index (χ3v) is 4.76. The van der Waals surface area contributed by atoms with Crippen LogP contribution in [0.2, 0.25) is 0 Å². The molecule has 150 valence electrons. The monoisotopic (exact) mass is 403 g/mol. The van der Waals surface area contributed by atoms with E-state index in [0.717, 1.165) is 4.90 Å². The SMILES string of the molecule is CNC(=O)c1ccc(NC(=O)c2ccc3c(c2)C(=O)N(Cc2ccco2)C3=O)cc1. The van der Waals surface area contributed by atoms with Crippen molar-refractivity contribution in [3.05, 3.63) is 88.9 Å². The Bertz CT molecular complexity index is 1150. The number of imide groups is 1. The lowest BCUT2D eigenvalue weighted by molar-refractivity contribution is 0.0631. The van der Waals surface area contributed by atoms with Gasteiger partial charge in [0, 0.05) is 23.9 Å². The lowest BCUT2D eigenvalue weighted by Crippen LogP contribution is -2.28. The third-order valence-electron chi connectivity index (χ3n) is 4.76. The van der Waals surface area contributed by atoms with Crippen molar-refractivity contribution in [2.45, 2.75) is 6.54 Å². The molecule has 30 heavy (non-hydrogen) atoms. The van der Waals surface area contributed by atoms with E-state index in [1.54, 1.807) is 36.4 Å². The standard InChI is InChI=1S/C22H17N3O5/c1-23-19(26)13-4-7-15(8-5-13)24-20(27)14-6-9-17-18(11-14)22(29)25(21(17)28)12-16-3-2-10-30-16/h2-11H,12H2,1H3,(H,23,26)(H,24,27). The maximum absolute atomic E-state index is 12.7. The molecule has 1 aliphatic heterocycles. The van der Waals surface area contributed by atoms with E-state index in [0.29, 0.717) is 17.0 Å². The topological polar surface area (TPSA) is 109 Å². The Hall–Kier alpha value is -4.20. The Kier molecular flexibility index (Phi) is 4.89. The molecule has 0 radical (unpaired) electrons. The zero-order valence-corrected chi connectivity index (χ0v) is 16.0. The molecule has 1 aromatic heterocycles. The molecule has 0 saturated carbocycles. The lowest BCUT2D eigenvalue weighted by Gasteiger charge is -2.11. The van der Waals surface area contributed by atoms with Gasteiger partial charge in [0.05, 0.1) is 23.9 Å². The van der Waals surface area contributed by atoms with Gasteiger partial charge in [0.1, 0.15) is 5.76 Å². The van der Waals surface area contributed by atoms with Gasteiger partial charge in [-0.15, -0.1) is 0 Å². The van der Waals surface area contributed by atoms with Crippen LogP contribution in [0.15, 0.2) is 65.3 Å². The van der Waals surface area contributed by atoms with Crippen molar-refractivity contribution in [1.29, 1.82) is 0 Å². The second-order valence-electron chi connectivity index (χ2n) is 6.65. The maximum atomic E-state index is 12.7. The molecule has 0 atom stereocenters. The first kappa shape index (κ1) is 19.1. The van der Waals surface area contributed by atoms with E-state index in [2.05, 4.69) is 10.6 Å². The first-order chi connectivity index (χ1) is 14.5. The Labute approximate surface area is 171 Å². The second-order valence-corrected chi connectivity index (χ2v) is 6.65. The number of carbonyl (C=O) groups is 4. The number of furan rings is 1. The summed E-state index contributed by atoms with van der Waals surface area (Å²) in [5, 5.41) is 5.23. The van der Waals surface area contributed by atoms with E-state index in [-0.39, 0.29) is 29.1 Å². The number of carbonyl (C=O) groups excluding carboxylic acids is 4. The van der Waals surface area contributed by atoms with Gasteiger partial charge in [-0.3, -0.25) is 24.1 Å². The molecule has 0 saturated heterocycles. The molecule has 0 spiro atoms. The van der Waals surface area contributed by atoms with Gasteiger partial charge in [-0.1, -0.05) is 0 Å². The highest BCUT2D eigenvalue weighted by atomic mass is 16.3. The number of anilines is 1. The van der Waals surface area contributed by atoms with Crippen molar-refractivity contribution in [2.24, 2.45) is 0 Å². The quantitative estimate of drug-likeness (QED) is 0.637. The highest BCUT2D eigenvalue weighted by molar-refractivity contribution is 6.22. The van der Waals surface area contributed by atoms with Crippen molar-refractivity contribution in [3.63, 3.8) is 0 Å². The minimum absolute atomic E-state index is 0.0264. The van der Waals surface area contributed by atoms with Crippen LogP contribution in [0.4, 0.5) is 5.69 Å². The molecule has 0 bridgehead atoms. The van der Waals surface area contributed by atoms with E-state index in [1.165, 1.54) is 31.5 Å². The molecule has 8 heteroatoms. The number of benzene rings is 2. The van der Waals surface area contributed by atoms with Crippen LogP contribution < -0.4 is 10.6 Å². The van der Waals surface area contributed by atoms with Gasteiger partial charge >= 0.3 is 0 Å². The summed E-state index contributed by atoms with van der Waals surface area (Å²) >= 11 is 0. The largest absolute Gasteiger partial charge is 0.467 e. The fourth-order valence-electron chi connectivity index (χ4n) is 3.19. The van der Waals surface area contributed by atoms with Crippen molar-refractivity contribution in [2.75, 3.05) is 12.4 Å². The molecule has 0 unspecified atom stereocenters. The van der Waals surface area contributed by atoms with Crippen LogP contribution >= 0.6 is 0 Å². The number of rotatable bonds is 5. The Morgan fingerprint density at radius 1 is 0.900 bits per heavy atom. The predicted molar refractivity (Wildman–Crippen MR) is 107 cm³/mol. The van der Waals surface area contributed by atoms with Crippen LogP contribution in [0, 0.1) is 0 Å². The molecule has 0 fully saturated rings. The number of fused-ring (bicyclic) bond motifs is 1. The van der Waals surface area contributed by atoms with Gasteiger partial charge in [-0.25, -0.2) is 0 Å². The maximum Gasteiger partial charge on any atom is 0.261 e. The summed E-state index contributed by atoms with van der Waals surface area (Å²) in [4.78, 5) is 50.5. The molecule has 8 nitrogen and oxygen atoms in total. The van der Waals surface area contributed by atoms with Gasteiger partial charge in [-0.05, 0) is 54.6 Å². The Balaban J connectivity index is 1.51. The summed E-state index contributed by atoms with van der Waals surface area (Å²) in [6.45, 7) is 0.0264. The minimum atomic E-state index is -0.476. The second kappa shape index (κ2) is 7.67. The van der Waals surface area contributed by atoms with Crippen LogP contribution in [-0.4, -0.2) is 35.6 Å². The summed E-state index contributed by atoms with van der Waals surface area (Å²) < 4.78 is 5.21. The highest BCUT2D eigenvalue weighted by Gasteiger charge is 2.36. The van der Waals surface area contributed by atoms with Crippen LogP contribution in [0.25, 0.3) is 0 Å². The number of nitrogens with zero attached hydrogens (tertiary/aromatic N) is 1. The number of amides is 4. The molecular formula is C22H17N3O5. The van der Waals surface area contributed by atoms with Crippen molar-refractivity contribution in [1.82, 2.24) is 10.2 Å². The summed E-state index contributed by atoms with van der Waals surface area (Å²) in [5.74, 6) is -1.08.